The highest BCUT2D eigenvalue weighted by molar-refractivity contribution is 4.83. The lowest BCUT2D eigenvalue weighted by Gasteiger charge is -2.39. The Hall–Kier alpha value is -0.160. The predicted molar refractivity (Wildman–Crippen MR) is 56.6 cm³/mol. The van der Waals surface area contributed by atoms with Crippen LogP contribution in [0.2, 0.25) is 0 Å². The zero-order valence-electron chi connectivity index (χ0n) is 9.81. The number of hydrogen-bond acceptors (Lipinski definition) is 4. The van der Waals surface area contributed by atoms with Crippen LogP contribution in [-0.2, 0) is 18.9 Å². The first-order valence-electron chi connectivity index (χ1n) is 6.35. The highest BCUT2D eigenvalue weighted by Crippen LogP contribution is 2.40. The summed E-state index contributed by atoms with van der Waals surface area (Å²) in [6.45, 7) is 3.46. The standard InChI is InChI=1S/C12H20O4/c1-9-15-11(16-9)8-10-2-4-12(5-3-10)13-6-7-14-12/h9-11H,2-8H2,1H3. The van der Waals surface area contributed by atoms with Crippen LogP contribution in [0, 0.1) is 5.92 Å². The van der Waals surface area contributed by atoms with Gasteiger partial charge in [0.2, 0.25) is 0 Å². The van der Waals surface area contributed by atoms with E-state index in [2.05, 4.69) is 0 Å². The molecule has 3 fully saturated rings. The summed E-state index contributed by atoms with van der Waals surface area (Å²) in [5.41, 5.74) is 0. The molecule has 16 heavy (non-hydrogen) atoms. The topological polar surface area (TPSA) is 36.9 Å². The number of hydrogen-bond donors (Lipinski definition) is 0. The molecular weight excluding hydrogens is 208 g/mol. The third-order valence-corrected chi connectivity index (χ3v) is 3.89. The molecule has 1 aliphatic carbocycles. The van der Waals surface area contributed by atoms with Gasteiger partial charge >= 0.3 is 0 Å². The first-order valence-corrected chi connectivity index (χ1v) is 6.35. The lowest BCUT2D eigenvalue weighted by Crippen LogP contribution is -2.42. The molecule has 0 aromatic heterocycles. The quantitative estimate of drug-likeness (QED) is 0.724. The molecule has 0 atom stereocenters. The van der Waals surface area contributed by atoms with Crippen molar-refractivity contribution in [1.82, 2.24) is 0 Å². The van der Waals surface area contributed by atoms with Gasteiger partial charge in [-0.15, -0.1) is 0 Å². The van der Waals surface area contributed by atoms with Gasteiger partial charge in [0.25, 0.3) is 0 Å². The molecule has 0 bridgehead atoms. The molecule has 0 N–H and O–H groups in total. The zero-order chi connectivity index (χ0) is 11.0. The van der Waals surface area contributed by atoms with E-state index in [1.54, 1.807) is 0 Å². The van der Waals surface area contributed by atoms with E-state index < -0.39 is 0 Å². The third kappa shape index (κ3) is 2.12. The summed E-state index contributed by atoms with van der Waals surface area (Å²) in [7, 11) is 0. The maximum Gasteiger partial charge on any atom is 0.168 e. The minimum Gasteiger partial charge on any atom is -0.348 e. The maximum atomic E-state index is 5.71. The van der Waals surface area contributed by atoms with E-state index in [4.69, 9.17) is 18.9 Å². The minimum atomic E-state index is -0.231. The average molecular weight is 228 g/mol. The molecule has 0 unspecified atom stereocenters. The van der Waals surface area contributed by atoms with Crippen molar-refractivity contribution in [3.05, 3.63) is 0 Å². The molecule has 3 rings (SSSR count). The lowest BCUT2D eigenvalue weighted by molar-refractivity contribution is -0.380. The van der Waals surface area contributed by atoms with Gasteiger partial charge in [-0.25, -0.2) is 0 Å². The molecule has 3 aliphatic rings. The van der Waals surface area contributed by atoms with E-state index in [0.29, 0.717) is 5.92 Å². The van der Waals surface area contributed by atoms with E-state index in [1.807, 2.05) is 6.92 Å². The molecule has 1 saturated carbocycles. The van der Waals surface area contributed by atoms with Crippen molar-refractivity contribution in [2.24, 2.45) is 5.92 Å². The van der Waals surface area contributed by atoms with Crippen LogP contribution < -0.4 is 0 Å². The lowest BCUT2D eigenvalue weighted by atomic mass is 9.83. The second kappa shape index (κ2) is 4.26. The predicted octanol–water partition coefficient (Wildman–Crippen LogP) is 2.03. The summed E-state index contributed by atoms with van der Waals surface area (Å²) in [5.74, 6) is 0.474. The van der Waals surface area contributed by atoms with Crippen LogP contribution in [0.15, 0.2) is 0 Å². The van der Waals surface area contributed by atoms with Crippen LogP contribution in [0.4, 0.5) is 0 Å². The van der Waals surface area contributed by atoms with Crippen LogP contribution in [0.1, 0.15) is 39.0 Å². The van der Waals surface area contributed by atoms with Crippen LogP contribution in [0.5, 0.6) is 0 Å². The van der Waals surface area contributed by atoms with Crippen LogP contribution in [-0.4, -0.2) is 31.6 Å². The fourth-order valence-corrected chi connectivity index (χ4v) is 2.96. The van der Waals surface area contributed by atoms with Crippen molar-refractivity contribution in [2.75, 3.05) is 13.2 Å². The highest BCUT2D eigenvalue weighted by Gasteiger charge is 2.41. The largest absolute Gasteiger partial charge is 0.348 e. The minimum absolute atomic E-state index is 0.00133. The number of rotatable bonds is 2. The zero-order valence-corrected chi connectivity index (χ0v) is 9.81. The van der Waals surface area contributed by atoms with Crippen molar-refractivity contribution >= 4 is 0 Å². The molecule has 92 valence electrons. The first kappa shape index (κ1) is 11.0. The SMILES string of the molecule is CC1OC(CC2CCC3(CC2)OCCO3)O1. The van der Waals surface area contributed by atoms with E-state index in [1.165, 1.54) is 0 Å². The summed E-state index contributed by atoms with van der Waals surface area (Å²) in [5, 5.41) is 0. The summed E-state index contributed by atoms with van der Waals surface area (Å²) in [6.07, 6.45) is 5.45. The van der Waals surface area contributed by atoms with Gasteiger partial charge in [-0.3, -0.25) is 0 Å². The molecule has 0 amide bonds. The molecular formula is C12H20O4. The third-order valence-electron chi connectivity index (χ3n) is 3.89. The van der Waals surface area contributed by atoms with Crippen molar-refractivity contribution in [3.8, 4) is 0 Å². The fraction of sp³-hybridized carbons (Fsp3) is 1.00. The van der Waals surface area contributed by atoms with E-state index >= 15 is 0 Å². The summed E-state index contributed by atoms with van der Waals surface area (Å²) < 4.78 is 22.4. The second-order valence-electron chi connectivity index (χ2n) is 5.06. The molecule has 1 spiro atoms. The van der Waals surface area contributed by atoms with Gasteiger partial charge < -0.3 is 18.9 Å². The van der Waals surface area contributed by atoms with Gasteiger partial charge in [-0.2, -0.15) is 0 Å². The molecule has 2 saturated heterocycles. The smallest absolute Gasteiger partial charge is 0.168 e. The summed E-state index contributed by atoms with van der Waals surface area (Å²) in [6, 6.07) is 0. The molecule has 4 heteroatoms. The van der Waals surface area contributed by atoms with Crippen molar-refractivity contribution < 1.29 is 18.9 Å². The molecule has 0 radical (unpaired) electrons. The Morgan fingerprint density at radius 1 is 1.06 bits per heavy atom. The van der Waals surface area contributed by atoms with Gasteiger partial charge in [0.1, 0.15) is 0 Å². The molecule has 4 nitrogen and oxygen atoms in total. The van der Waals surface area contributed by atoms with Crippen molar-refractivity contribution in [1.29, 1.82) is 0 Å². The normalized spacial score (nSPS) is 38.8. The Morgan fingerprint density at radius 2 is 1.69 bits per heavy atom. The Morgan fingerprint density at radius 3 is 2.25 bits per heavy atom. The van der Waals surface area contributed by atoms with Crippen molar-refractivity contribution in [3.63, 3.8) is 0 Å². The van der Waals surface area contributed by atoms with Gasteiger partial charge in [-0.1, -0.05) is 0 Å². The van der Waals surface area contributed by atoms with Crippen LogP contribution in [0.3, 0.4) is 0 Å². The maximum absolute atomic E-state index is 5.71. The second-order valence-corrected chi connectivity index (χ2v) is 5.06. The first-order chi connectivity index (χ1) is 7.76. The highest BCUT2D eigenvalue weighted by atomic mass is 16.9. The van der Waals surface area contributed by atoms with Gasteiger partial charge in [0.05, 0.1) is 13.2 Å². The van der Waals surface area contributed by atoms with E-state index in [0.717, 1.165) is 45.3 Å². The van der Waals surface area contributed by atoms with E-state index in [-0.39, 0.29) is 18.4 Å². The fourth-order valence-electron chi connectivity index (χ4n) is 2.96. The van der Waals surface area contributed by atoms with Gasteiger partial charge in [0.15, 0.2) is 18.4 Å². The van der Waals surface area contributed by atoms with Gasteiger partial charge in [0, 0.05) is 19.3 Å². The van der Waals surface area contributed by atoms with Gasteiger partial charge in [-0.05, 0) is 25.7 Å². The molecule has 0 aromatic rings. The monoisotopic (exact) mass is 228 g/mol. The average Bonchev–Trinajstić information content (AvgIpc) is 2.68. The Bertz CT molecular complexity index is 233. The van der Waals surface area contributed by atoms with Crippen LogP contribution >= 0.6 is 0 Å². The Balaban J connectivity index is 1.44. The van der Waals surface area contributed by atoms with E-state index in [9.17, 15) is 0 Å². The number of ether oxygens (including phenoxy) is 4. The summed E-state index contributed by atoms with van der Waals surface area (Å²) in [4.78, 5) is 0. The van der Waals surface area contributed by atoms with Crippen LogP contribution in [0.25, 0.3) is 0 Å². The Kier molecular flexibility index (Phi) is 2.92. The van der Waals surface area contributed by atoms with Crippen molar-refractivity contribution in [2.45, 2.75) is 57.4 Å². The Labute approximate surface area is 96.2 Å². The molecule has 0 aromatic carbocycles. The summed E-state index contributed by atoms with van der Waals surface area (Å²) >= 11 is 0. The molecule has 2 aliphatic heterocycles. The molecule has 2 heterocycles.